The van der Waals surface area contributed by atoms with E-state index in [4.69, 9.17) is 0 Å². The van der Waals surface area contributed by atoms with Crippen LogP contribution in [0.4, 0.5) is 0 Å². The molecular weight excluding hydrogens is 284 g/mol. The lowest BCUT2D eigenvalue weighted by molar-refractivity contribution is 0.0931. The summed E-state index contributed by atoms with van der Waals surface area (Å²) in [5, 5.41) is 15.7. The highest BCUT2D eigenvalue weighted by Crippen LogP contribution is 2.22. The highest BCUT2D eigenvalue weighted by Gasteiger charge is 2.25. The van der Waals surface area contributed by atoms with E-state index in [9.17, 15) is 9.90 Å². The second kappa shape index (κ2) is 7.24. The van der Waals surface area contributed by atoms with Crippen LogP contribution in [0.5, 0.6) is 0 Å². The Morgan fingerprint density at radius 2 is 2.32 bits per heavy atom. The van der Waals surface area contributed by atoms with Crippen molar-refractivity contribution in [2.45, 2.75) is 26.4 Å². The van der Waals surface area contributed by atoms with E-state index in [1.54, 1.807) is 11.3 Å². The third-order valence-electron chi connectivity index (χ3n) is 3.39. The zero-order chi connectivity index (χ0) is 13.1. The Morgan fingerprint density at radius 1 is 1.58 bits per heavy atom. The average Bonchev–Trinajstić information content (AvgIpc) is 2.92. The molecule has 4 nitrogen and oxygen atoms in total. The lowest BCUT2D eigenvalue weighted by atomic mass is 10.1. The number of β-amino-alcohol motifs (C(OH)–C–C–N with tert-alkyl or cyclic N) is 1. The van der Waals surface area contributed by atoms with E-state index in [0.29, 0.717) is 13.1 Å². The fraction of sp³-hybridized carbons (Fsp3) is 0.615. The maximum absolute atomic E-state index is 12.0. The zero-order valence-corrected chi connectivity index (χ0v) is 12.9. The molecule has 0 radical (unpaired) electrons. The number of aliphatic hydroxyl groups excluding tert-OH is 1. The van der Waals surface area contributed by atoms with E-state index in [0.717, 1.165) is 17.8 Å². The lowest BCUT2D eigenvalue weighted by Crippen LogP contribution is -2.34. The standard InChI is InChI=1S/C13H20N2O2S.ClH/c1-3-11-8(2)4-12(18-11)13(17)15-6-9-5-14-7-10(9)16;/h4,9-10,14,16H,3,5-7H2,1-2H3,(H,15,17);1H. The number of rotatable bonds is 4. The molecule has 0 aromatic carbocycles. The Labute approximate surface area is 124 Å². The maximum atomic E-state index is 12.0. The van der Waals surface area contributed by atoms with Crippen molar-refractivity contribution in [1.82, 2.24) is 10.6 Å². The Bertz CT molecular complexity index is 436. The minimum absolute atomic E-state index is 0. The maximum Gasteiger partial charge on any atom is 0.261 e. The van der Waals surface area contributed by atoms with Crippen molar-refractivity contribution in [3.05, 3.63) is 21.4 Å². The molecule has 2 unspecified atom stereocenters. The molecular formula is C13H21ClN2O2S. The summed E-state index contributed by atoms with van der Waals surface area (Å²) in [4.78, 5) is 14.0. The largest absolute Gasteiger partial charge is 0.391 e. The van der Waals surface area contributed by atoms with Crippen molar-refractivity contribution < 1.29 is 9.90 Å². The Hall–Kier alpha value is -0.620. The van der Waals surface area contributed by atoms with Crippen LogP contribution in [-0.4, -0.2) is 36.8 Å². The number of halogens is 1. The number of thiophene rings is 1. The number of carbonyl (C=O) groups is 1. The molecule has 1 amide bonds. The number of hydrogen-bond acceptors (Lipinski definition) is 4. The first-order chi connectivity index (χ1) is 8.61. The van der Waals surface area contributed by atoms with E-state index in [2.05, 4.69) is 17.6 Å². The Morgan fingerprint density at radius 3 is 2.84 bits per heavy atom. The van der Waals surface area contributed by atoms with Gasteiger partial charge in [-0.1, -0.05) is 6.92 Å². The van der Waals surface area contributed by atoms with Gasteiger partial charge in [-0.3, -0.25) is 4.79 Å². The third-order valence-corrected chi connectivity index (χ3v) is 4.77. The molecule has 6 heteroatoms. The van der Waals surface area contributed by atoms with Gasteiger partial charge in [0.15, 0.2) is 0 Å². The van der Waals surface area contributed by atoms with E-state index in [1.807, 2.05) is 13.0 Å². The van der Waals surface area contributed by atoms with Gasteiger partial charge in [-0.15, -0.1) is 23.7 Å². The predicted molar refractivity (Wildman–Crippen MR) is 80.4 cm³/mol. The minimum Gasteiger partial charge on any atom is -0.391 e. The number of carbonyl (C=O) groups excluding carboxylic acids is 1. The van der Waals surface area contributed by atoms with Gasteiger partial charge in [0.25, 0.3) is 5.91 Å². The molecule has 2 rings (SSSR count). The molecule has 1 aromatic heterocycles. The van der Waals surface area contributed by atoms with Crippen LogP contribution in [0.15, 0.2) is 6.07 Å². The zero-order valence-electron chi connectivity index (χ0n) is 11.2. The van der Waals surface area contributed by atoms with Crippen molar-refractivity contribution in [2.75, 3.05) is 19.6 Å². The first-order valence-electron chi connectivity index (χ1n) is 6.38. The van der Waals surface area contributed by atoms with Crippen molar-refractivity contribution in [3.63, 3.8) is 0 Å². The van der Waals surface area contributed by atoms with E-state index < -0.39 is 0 Å². The number of nitrogens with one attached hydrogen (secondary N) is 2. The van der Waals surface area contributed by atoms with Crippen LogP contribution in [0.1, 0.15) is 27.0 Å². The van der Waals surface area contributed by atoms with Crippen LogP contribution in [-0.2, 0) is 6.42 Å². The molecule has 1 fully saturated rings. The highest BCUT2D eigenvalue weighted by molar-refractivity contribution is 7.14. The summed E-state index contributed by atoms with van der Waals surface area (Å²) in [6, 6.07) is 1.95. The average molecular weight is 305 g/mol. The van der Waals surface area contributed by atoms with Crippen LogP contribution in [0, 0.1) is 12.8 Å². The fourth-order valence-electron chi connectivity index (χ4n) is 2.22. The fourth-order valence-corrected chi connectivity index (χ4v) is 3.25. The van der Waals surface area contributed by atoms with Crippen LogP contribution in [0.2, 0.25) is 0 Å². The lowest BCUT2D eigenvalue weighted by Gasteiger charge is -2.13. The molecule has 108 valence electrons. The van der Waals surface area contributed by atoms with Gasteiger partial charge < -0.3 is 15.7 Å². The van der Waals surface area contributed by atoms with Gasteiger partial charge in [0.1, 0.15) is 0 Å². The summed E-state index contributed by atoms with van der Waals surface area (Å²) < 4.78 is 0. The molecule has 3 N–H and O–H groups in total. The summed E-state index contributed by atoms with van der Waals surface area (Å²) in [7, 11) is 0. The number of aliphatic hydroxyl groups is 1. The number of amides is 1. The monoisotopic (exact) mass is 304 g/mol. The topological polar surface area (TPSA) is 61.4 Å². The molecule has 1 aliphatic heterocycles. The van der Waals surface area contributed by atoms with Gasteiger partial charge in [-0.2, -0.15) is 0 Å². The van der Waals surface area contributed by atoms with Crippen molar-refractivity contribution in [1.29, 1.82) is 0 Å². The van der Waals surface area contributed by atoms with Gasteiger partial charge in [-0.05, 0) is 25.0 Å². The molecule has 1 saturated heterocycles. The minimum atomic E-state index is -0.346. The van der Waals surface area contributed by atoms with E-state index >= 15 is 0 Å². The predicted octanol–water partition coefficient (Wildman–Crippen LogP) is 1.35. The normalized spacial score (nSPS) is 22.1. The molecule has 2 heterocycles. The molecule has 1 aliphatic rings. The molecule has 0 aliphatic carbocycles. The summed E-state index contributed by atoms with van der Waals surface area (Å²) in [5.41, 5.74) is 1.19. The van der Waals surface area contributed by atoms with Crippen molar-refractivity contribution >= 4 is 29.7 Å². The quantitative estimate of drug-likeness (QED) is 0.787. The van der Waals surface area contributed by atoms with Crippen LogP contribution < -0.4 is 10.6 Å². The van der Waals surface area contributed by atoms with Crippen LogP contribution in [0.3, 0.4) is 0 Å². The Kier molecular flexibility index (Phi) is 6.26. The molecule has 19 heavy (non-hydrogen) atoms. The first-order valence-corrected chi connectivity index (χ1v) is 7.19. The van der Waals surface area contributed by atoms with Crippen LogP contribution in [0.25, 0.3) is 0 Å². The van der Waals surface area contributed by atoms with Crippen molar-refractivity contribution in [2.24, 2.45) is 5.92 Å². The van der Waals surface area contributed by atoms with Crippen molar-refractivity contribution in [3.8, 4) is 0 Å². The molecule has 0 saturated carbocycles. The molecule has 0 bridgehead atoms. The van der Waals surface area contributed by atoms with E-state index in [1.165, 1.54) is 10.4 Å². The second-order valence-corrected chi connectivity index (χ2v) is 5.90. The SMILES string of the molecule is CCc1sc(C(=O)NCC2CNCC2O)cc1C.Cl. The van der Waals surface area contributed by atoms with E-state index in [-0.39, 0.29) is 30.3 Å². The van der Waals surface area contributed by atoms with Gasteiger partial charge in [0.2, 0.25) is 0 Å². The first kappa shape index (κ1) is 16.4. The summed E-state index contributed by atoms with van der Waals surface area (Å²) >= 11 is 1.56. The Balaban J connectivity index is 0.00000180. The smallest absolute Gasteiger partial charge is 0.261 e. The summed E-state index contributed by atoms with van der Waals surface area (Å²) in [5.74, 6) is 0.0996. The second-order valence-electron chi connectivity index (χ2n) is 4.77. The number of hydrogen-bond donors (Lipinski definition) is 3. The highest BCUT2D eigenvalue weighted by atomic mass is 35.5. The molecule has 1 aromatic rings. The van der Waals surface area contributed by atoms with Gasteiger partial charge >= 0.3 is 0 Å². The number of aryl methyl sites for hydroxylation is 2. The molecule has 0 spiro atoms. The summed E-state index contributed by atoms with van der Waals surface area (Å²) in [6.07, 6.45) is 0.622. The third kappa shape index (κ3) is 3.92. The summed E-state index contributed by atoms with van der Waals surface area (Å²) in [6.45, 7) is 6.06. The molecule has 2 atom stereocenters. The van der Waals surface area contributed by atoms with Crippen LogP contribution >= 0.6 is 23.7 Å². The van der Waals surface area contributed by atoms with Gasteiger partial charge in [-0.25, -0.2) is 0 Å². The van der Waals surface area contributed by atoms with Gasteiger partial charge in [0, 0.05) is 30.4 Å². The van der Waals surface area contributed by atoms with Gasteiger partial charge in [0.05, 0.1) is 11.0 Å².